The van der Waals surface area contributed by atoms with Crippen molar-refractivity contribution >= 4 is 76.1 Å². The number of benzene rings is 1. The van der Waals surface area contributed by atoms with E-state index in [1.807, 2.05) is 5.32 Å². The van der Waals surface area contributed by atoms with Crippen LogP contribution < -0.4 is 32.3 Å². The van der Waals surface area contributed by atoms with Crippen molar-refractivity contribution in [1.82, 2.24) is 41.2 Å². The molecule has 4 atom stereocenters. The van der Waals surface area contributed by atoms with E-state index in [4.69, 9.17) is 10.8 Å². The Hall–Kier alpha value is -7.53. The highest BCUT2D eigenvalue weighted by molar-refractivity contribution is 5.99. The molecule has 0 radical (unpaired) electrons. The molecule has 59 heavy (non-hydrogen) atoms. The third-order valence-electron chi connectivity index (χ3n) is 8.31. The quantitative estimate of drug-likeness (QED) is 0.0517. The summed E-state index contributed by atoms with van der Waals surface area (Å²) in [7, 11) is 0. The third kappa shape index (κ3) is 15.1. The van der Waals surface area contributed by atoms with E-state index in [9.17, 15) is 63.6 Å². The molecule has 12 N–H and O–H groups in total. The van der Waals surface area contributed by atoms with Crippen molar-refractivity contribution in [3.63, 3.8) is 0 Å². The number of carbonyl (C=O) groups excluding carboxylic acids is 4. The molecule has 0 aliphatic heterocycles. The Morgan fingerprint density at radius 3 is 1.51 bits per heavy atom. The average Bonchev–Trinajstić information content (AvgIpc) is 3.16. The van der Waals surface area contributed by atoms with Gasteiger partial charge in [-0.3, -0.25) is 38.4 Å². The minimum absolute atomic E-state index is 0.0324. The van der Waals surface area contributed by atoms with Crippen LogP contribution in [0, 0.1) is 6.92 Å². The molecule has 316 valence electrons. The normalized spacial score (nSPS) is 12.8. The van der Waals surface area contributed by atoms with Crippen LogP contribution in [-0.2, 0) is 44.9 Å². The minimum Gasteiger partial charge on any atom is -0.481 e. The van der Waals surface area contributed by atoms with Crippen LogP contribution in [0.1, 0.15) is 73.2 Å². The number of nitrogens with one attached hydrogen (secondary N) is 5. The fourth-order valence-corrected chi connectivity index (χ4v) is 5.29. The van der Waals surface area contributed by atoms with Crippen molar-refractivity contribution < 1.29 is 68.7 Å². The summed E-state index contributed by atoms with van der Waals surface area (Å²) in [5.74, 6) is -10.9. The van der Waals surface area contributed by atoms with Gasteiger partial charge in [-0.1, -0.05) is 0 Å². The Balaban J connectivity index is 1.75. The highest BCUT2D eigenvalue weighted by Gasteiger charge is 2.32. The Morgan fingerprint density at radius 2 is 1.05 bits per heavy atom. The maximum absolute atomic E-state index is 13.5. The van der Waals surface area contributed by atoms with Crippen LogP contribution in [0.15, 0.2) is 30.5 Å². The van der Waals surface area contributed by atoms with Crippen molar-refractivity contribution in [2.24, 2.45) is 0 Å². The topological polar surface area (TPSA) is 393 Å². The number of aryl methyl sites for hydroxylation is 1. The van der Waals surface area contributed by atoms with Crippen molar-refractivity contribution in [3.05, 3.63) is 47.5 Å². The number of carboxylic acid groups (broad SMARTS) is 5. The molecule has 24 heteroatoms. The van der Waals surface area contributed by atoms with Crippen molar-refractivity contribution in [2.75, 3.05) is 11.1 Å². The lowest BCUT2D eigenvalue weighted by molar-refractivity contribution is -0.144. The first-order valence-corrected chi connectivity index (χ1v) is 17.7. The molecule has 0 saturated carbocycles. The molecule has 0 saturated heterocycles. The van der Waals surface area contributed by atoms with Crippen LogP contribution in [0.3, 0.4) is 0 Å². The zero-order chi connectivity index (χ0) is 43.8. The Morgan fingerprint density at radius 1 is 0.610 bits per heavy atom. The fraction of sp³-hybridized carbons (Fsp3) is 0.400. The van der Waals surface area contributed by atoms with Gasteiger partial charge in [-0.2, -0.15) is 0 Å². The Labute approximate surface area is 333 Å². The van der Waals surface area contributed by atoms with Crippen LogP contribution in [0.25, 0.3) is 11.2 Å². The molecule has 2 heterocycles. The number of carbonyl (C=O) groups is 9. The third-order valence-corrected chi connectivity index (χ3v) is 8.31. The van der Waals surface area contributed by atoms with Gasteiger partial charge < -0.3 is 57.9 Å². The maximum Gasteiger partial charge on any atom is 0.326 e. The molecule has 0 spiro atoms. The number of nitrogen functional groups attached to an aromatic ring is 1. The summed E-state index contributed by atoms with van der Waals surface area (Å²) in [6.45, 7) is 1.86. The highest BCUT2D eigenvalue weighted by Crippen LogP contribution is 2.16. The van der Waals surface area contributed by atoms with Gasteiger partial charge in [-0.25, -0.2) is 24.7 Å². The van der Waals surface area contributed by atoms with Crippen LogP contribution >= 0.6 is 0 Å². The summed E-state index contributed by atoms with van der Waals surface area (Å²) in [5.41, 5.74) is 7.67. The second-order valence-electron chi connectivity index (χ2n) is 12.9. The molecule has 3 rings (SSSR count). The summed E-state index contributed by atoms with van der Waals surface area (Å²) < 4.78 is 0. The molecule has 24 nitrogen and oxygen atoms in total. The minimum atomic E-state index is -1.76. The van der Waals surface area contributed by atoms with Crippen molar-refractivity contribution in [2.45, 2.75) is 89.0 Å². The van der Waals surface area contributed by atoms with E-state index in [-0.39, 0.29) is 17.9 Å². The van der Waals surface area contributed by atoms with E-state index in [1.165, 1.54) is 30.5 Å². The number of nitrogens with two attached hydrogens (primary N) is 1. The van der Waals surface area contributed by atoms with Gasteiger partial charge in [0, 0.05) is 36.9 Å². The number of aromatic nitrogens is 4. The summed E-state index contributed by atoms with van der Waals surface area (Å²) in [4.78, 5) is 127. The molecule has 3 aromatic rings. The number of nitrogens with zero attached hydrogens (tertiary/aromatic N) is 4. The van der Waals surface area contributed by atoms with Gasteiger partial charge in [-0.05, 0) is 56.9 Å². The molecular weight excluding hydrogens is 784 g/mol. The summed E-state index contributed by atoms with van der Waals surface area (Å²) in [6, 6.07) is -1.00. The number of aliphatic carboxylic acids is 5. The molecule has 0 bridgehead atoms. The number of rotatable bonds is 24. The number of amides is 4. The van der Waals surface area contributed by atoms with Crippen LogP contribution in [0.5, 0.6) is 0 Å². The van der Waals surface area contributed by atoms with Crippen LogP contribution in [-0.4, -0.2) is 123 Å². The first-order chi connectivity index (χ1) is 27.8. The lowest BCUT2D eigenvalue weighted by Crippen LogP contribution is -2.58. The van der Waals surface area contributed by atoms with E-state index >= 15 is 0 Å². The predicted octanol–water partition coefficient (Wildman–Crippen LogP) is -0.981. The van der Waals surface area contributed by atoms with Gasteiger partial charge >= 0.3 is 29.8 Å². The van der Waals surface area contributed by atoms with Gasteiger partial charge in [0.2, 0.25) is 17.7 Å². The van der Waals surface area contributed by atoms with Crippen LogP contribution in [0.2, 0.25) is 0 Å². The molecule has 0 aliphatic carbocycles. The Bertz CT molecular complexity index is 2080. The van der Waals surface area contributed by atoms with Gasteiger partial charge in [0.15, 0.2) is 17.0 Å². The number of hydrogen-bond acceptors (Lipinski definition) is 15. The molecule has 1 aromatic carbocycles. The SMILES string of the molecule is Cc1nc(N)c2nc(CNc3ccc(C(=O)N[C@@H](CCC(=O)O)C(=O)N[C@@H](CCC(=O)O)C(=O)N[C@@H](CCC(=O)O)C(=O)N[C@@H](CCC(=O)O)C(=O)O)cc3)cnc2n1. The largest absolute Gasteiger partial charge is 0.481 e. The van der Waals surface area contributed by atoms with E-state index in [2.05, 4.69) is 41.2 Å². The molecule has 0 unspecified atom stereocenters. The number of hydrogen-bond donors (Lipinski definition) is 11. The molecular formula is C35H42N10O14. The lowest BCUT2D eigenvalue weighted by atomic mass is 10.0. The fourth-order valence-electron chi connectivity index (χ4n) is 5.29. The van der Waals surface area contributed by atoms with E-state index in [1.54, 1.807) is 6.92 Å². The zero-order valence-corrected chi connectivity index (χ0v) is 31.3. The monoisotopic (exact) mass is 826 g/mol. The van der Waals surface area contributed by atoms with Crippen molar-refractivity contribution in [3.8, 4) is 0 Å². The second-order valence-corrected chi connectivity index (χ2v) is 12.9. The standard InChI is InChI=1S/C35H42N10O14/c1-16-39-29(36)28-30(40-16)38-15-19(41-28)14-37-18-4-2-17(3-5-18)31(54)42-20(6-10-24(46)47)32(55)43-21(7-11-25(48)49)33(56)44-22(8-12-26(50)51)34(57)45-23(35(58)59)9-13-27(52)53/h2-5,15,20-23,37H,6-14H2,1H3,(H,42,54)(H,43,55)(H,44,56)(H,45,57)(H,46,47)(H,48,49)(H,50,51)(H,52,53)(H,58,59)(H2,36,38,39,40)/t20-,21-,22-,23-/m0/s1. The van der Waals surface area contributed by atoms with Gasteiger partial charge in [0.25, 0.3) is 5.91 Å². The lowest BCUT2D eigenvalue weighted by Gasteiger charge is -2.25. The molecule has 0 aliphatic rings. The molecule has 0 fully saturated rings. The van der Waals surface area contributed by atoms with Crippen molar-refractivity contribution in [1.29, 1.82) is 0 Å². The maximum atomic E-state index is 13.5. The van der Waals surface area contributed by atoms with Gasteiger partial charge in [0.05, 0.1) is 18.4 Å². The summed E-state index contributed by atoms with van der Waals surface area (Å²) >= 11 is 0. The van der Waals surface area contributed by atoms with E-state index in [0.717, 1.165) is 0 Å². The number of anilines is 2. The smallest absolute Gasteiger partial charge is 0.326 e. The van der Waals surface area contributed by atoms with Gasteiger partial charge in [0.1, 0.15) is 30.0 Å². The first kappa shape index (κ1) is 45.9. The van der Waals surface area contributed by atoms with E-state index in [0.29, 0.717) is 28.4 Å². The number of carboxylic acids is 5. The summed E-state index contributed by atoms with van der Waals surface area (Å²) in [6.07, 6.45) is -3.49. The van der Waals surface area contributed by atoms with E-state index < -0.39 is 129 Å². The predicted molar refractivity (Wildman–Crippen MR) is 200 cm³/mol. The zero-order valence-electron chi connectivity index (χ0n) is 31.3. The van der Waals surface area contributed by atoms with Gasteiger partial charge in [-0.15, -0.1) is 0 Å². The van der Waals surface area contributed by atoms with Crippen LogP contribution in [0.4, 0.5) is 11.5 Å². The summed E-state index contributed by atoms with van der Waals surface area (Å²) in [5, 5.41) is 58.0. The highest BCUT2D eigenvalue weighted by atomic mass is 16.4. The average molecular weight is 827 g/mol. The second kappa shape index (κ2) is 21.7. The molecule has 2 aromatic heterocycles. The Kier molecular flexibility index (Phi) is 16.9. The molecule has 4 amide bonds. The number of fused-ring (bicyclic) bond motifs is 1. The first-order valence-electron chi connectivity index (χ1n) is 17.7.